The van der Waals surface area contributed by atoms with E-state index in [1.165, 1.54) is 0 Å². The van der Waals surface area contributed by atoms with Crippen LogP contribution in [0.5, 0.6) is 0 Å². The Balaban J connectivity index is -0.000000405. The van der Waals surface area contributed by atoms with Gasteiger partial charge in [-0.05, 0) is 0 Å². The number of carboxylic acid groups (broad SMARTS) is 2. The third-order valence-electron chi connectivity index (χ3n) is 0.589. The molecular formula is C6H6Cl2O4-2. The molecule has 0 saturated heterocycles. The Morgan fingerprint density at radius 2 is 1.08 bits per heavy atom. The molecule has 0 atom stereocenters. The van der Waals surface area contributed by atoms with E-state index in [0.29, 0.717) is 0 Å². The number of aliphatic carboxylic acids is 2. The highest BCUT2D eigenvalue weighted by molar-refractivity contribution is 5.82. The second kappa shape index (κ2) is 10.0. The van der Waals surface area contributed by atoms with Gasteiger partial charge < -0.3 is 35.0 Å². The van der Waals surface area contributed by atoms with Crippen LogP contribution in [0.4, 0.5) is 0 Å². The maximum atomic E-state index is 9.78. The summed E-state index contributed by atoms with van der Waals surface area (Å²) in [7, 11) is 0. The summed E-state index contributed by atoms with van der Waals surface area (Å²) < 4.78 is 0. The van der Waals surface area contributed by atoms with Crippen molar-refractivity contribution in [2.75, 3.05) is 0 Å². The predicted molar refractivity (Wildman–Crippen MR) is 33.6 cm³/mol. The fraction of sp³-hybridized carbons (Fsp3) is 0. The highest BCUT2D eigenvalue weighted by atomic mass is 35.5. The van der Waals surface area contributed by atoms with Crippen molar-refractivity contribution >= 4 is 11.9 Å². The van der Waals surface area contributed by atoms with Crippen LogP contribution in [-0.4, -0.2) is 22.2 Å². The lowest BCUT2D eigenvalue weighted by atomic mass is 10.4. The molecule has 0 aliphatic carbocycles. The van der Waals surface area contributed by atoms with Crippen LogP contribution < -0.4 is 24.8 Å². The summed E-state index contributed by atoms with van der Waals surface area (Å²) in [5.41, 5.74) is 0. The van der Waals surface area contributed by atoms with Crippen LogP contribution in [0.2, 0.25) is 0 Å². The van der Waals surface area contributed by atoms with Gasteiger partial charge in [0.1, 0.15) is 0 Å². The molecule has 0 fully saturated rings. The molecule has 0 radical (unpaired) electrons. The number of carbonyl (C=O) groups is 2. The zero-order valence-corrected chi connectivity index (χ0v) is 7.29. The van der Waals surface area contributed by atoms with E-state index >= 15 is 0 Å². The summed E-state index contributed by atoms with van der Waals surface area (Å²) in [6.45, 7) is 0. The molecule has 0 heterocycles. The molecule has 0 saturated carbocycles. The number of rotatable bonds is 3. The molecule has 0 unspecified atom stereocenters. The van der Waals surface area contributed by atoms with Crippen molar-refractivity contribution in [1.29, 1.82) is 0 Å². The monoisotopic (exact) mass is 212 g/mol. The molecule has 70 valence electrons. The Bertz CT molecular complexity index is 176. The van der Waals surface area contributed by atoms with Gasteiger partial charge in [0.15, 0.2) is 0 Å². The average Bonchev–Trinajstić information content (AvgIpc) is 1.79. The third kappa shape index (κ3) is 16.0. The first-order valence-electron chi connectivity index (χ1n) is 2.43. The summed E-state index contributed by atoms with van der Waals surface area (Å²) >= 11 is 0. The van der Waals surface area contributed by atoms with Gasteiger partial charge >= 0.3 is 11.9 Å². The highest BCUT2D eigenvalue weighted by Gasteiger charge is 1.83. The van der Waals surface area contributed by atoms with E-state index in [1.54, 1.807) is 0 Å². The van der Waals surface area contributed by atoms with E-state index in [9.17, 15) is 9.59 Å². The van der Waals surface area contributed by atoms with Crippen molar-refractivity contribution < 1.29 is 44.6 Å². The molecule has 2 N–H and O–H groups in total. The van der Waals surface area contributed by atoms with Gasteiger partial charge in [0.05, 0.1) is 0 Å². The van der Waals surface area contributed by atoms with Crippen LogP contribution in [0.1, 0.15) is 0 Å². The zero-order chi connectivity index (χ0) is 7.98. The highest BCUT2D eigenvalue weighted by Crippen LogP contribution is 1.76. The topological polar surface area (TPSA) is 74.6 Å². The van der Waals surface area contributed by atoms with Gasteiger partial charge in [-0.2, -0.15) is 0 Å². The Labute approximate surface area is 81.4 Å². The van der Waals surface area contributed by atoms with E-state index in [0.717, 1.165) is 24.3 Å². The largest absolute Gasteiger partial charge is 1.00 e. The molecule has 0 bridgehead atoms. The van der Waals surface area contributed by atoms with E-state index in [1.807, 2.05) is 0 Å². The SMILES string of the molecule is O=C(O)/C=C/C=C/C(=O)O.[Cl-].[Cl-]. The summed E-state index contributed by atoms with van der Waals surface area (Å²) in [6.07, 6.45) is 3.96. The van der Waals surface area contributed by atoms with Crippen molar-refractivity contribution in [2.24, 2.45) is 0 Å². The third-order valence-corrected chi connectivity index (χ3v) is 0.589. The molecular weight excluding hydrogens is 207 g/mol. The molecule has 4 nitrogen and oxygen atoms in total. The average molecular weight is 213 g/mol. The molecule has 0 aromatic heterocycles. The second-order valence-electron chi connectivity index (χ2n) is 1.39. The van der Waals surface area contributed by atoms with E-state index in [4.69, 9.17) is 10.2 Å². The minimum atomic E-state index is -1.10. The summed E-state index contributed by atoms with van der Waals surface area (Å²) in [6, 6.07) is 0. The fourth-order valence-corrected chi connectivity index (χ4v) is 0.276. The van der Waals surface area contributed by atoms with E-state index in [2.05, 4.69) is 0 Å². The van der Waals surface area contributed by atoms with Gasteiger partial charge in [0.25, 0.3) is 0 Å². The van der Waals surface area contributed by atoms with Crippen molar-refractivity contribution in [3.8, 4) is 0 Å². The zero-order valence-electron chi connectivity index (χ0n) is 5.78. The normalized spacial score (nSPS) is 9.00. The van der Waals surface area contributed by atoms with Crippen molar-refractivity contribution in [2.45, 2.75) is 0 Å². The Morgan fingerprint density at radius 1 is 0.833 bits per heavy atom. The lowest BCUT2D eigenvalue weighted by molar-refractivity contribution is -0.132. The molecule has 0 aromatic carbocycles. The molecule has 0 aromatic rings. The van der Waals surface area contributed by atoms with Gasteiger partial charge in [0, 0.05) is 12.2 Å². The number of hydrogen-bond donors (Lipinski definition) is 2. The number of hydrogen-bond acceptors (Lipinski definition) is 2. The summed E-state index contributed by atoms with van der Waals surface area (Å²) in [5.74, 6) is -2.20. The van der Waals surface area contributed by atoms with Crippen molar-refractivity contribution in [3.63, 3.8) is 0 Å². The summed E-state index contributed by atoms with van der Waals surface area (Å²) in [4.78, 5) is 19.6. The first-order valence-corrected chi connectivity index (χ1v) is 2.43. The van der Waals surface area contributed by atoms with Crippen LogP contribution in [0.3, 0.4) is 0 Å². The Morgan fingerprint density at radius 3 is 1.25 bits per heavy atom. The van der Waals surface area contributed by atoms with Gasteiger partial charge in [-0.3, -0.25) is 0 Å². The number of carboxylic acids is 2. The van der Waals surface area contributed by atoms with Gasteiger partial charge in [-0.1, -0.05) is 12.2 Å². The standard InChI is InChI=1S/C6H6O4.2ClH/c7-5(8)3-1-2-4-6(9)10;;/h1-4H,(H,7,8)(H,9,10);2*1H/p-2/b3-1+,4-2+;;. The first kappa shape index (κ1) is 17.2. The van der Waals surface area contributed by atoms with Crippen LogP contribution in [-0.2, 0) is 9.59 Å². The fourth-order valence-electron chi connectivity index (χ4n) is 0.276. The van der Waals surface area contributed by atoms with Crippen LogP contribution in [0.25, 0.3) is 0 Å². The Hall–Kier alpha value is -1.00. The molecule has 6 heteroatoms. The summed E-state index contributed by atoms with van der Waals surface area (Å²) in [5, 5.41) is 16.0. The molecule has 0 rings (SSSR count). The number of allylic oxidation sites excluding steroid dienone is 2. The molecule has 12 heavy (non-hydrogen) atoms. The van der Waals surface area contributed by atoms with E-state index in [-0.39, 0.29) is 24.8 Å². The smallest absolute Gasteiger partial charge is 0.328 e. The van der Waals surface area contributed by atoms with Crippen LogP contribution in [0, 0.1) is 0 Å². The van der Waals surface area contributed by atoms with Gasteiger partial charge in [0.2, 0.25) is 0 Å². The lowest BCUT2D eigenvalue weighted by Gasteiger charge is -1.75. The minimum Gasteiger partial charge on any atom is -1.00 e. The van der Waals surface area contributed by atoms with Crippen molar-refractivity contribution in [1.82, 2.24) is 0 Å². The second-order valence-corrected chi connectivity index (χ2v) is 1.39. The maximum Gasteiger partial charge on any atom is 0.328 e. The molecule has 0 aliphatic rings. The maximum absolute atomic E-state index is 9.78. The minimum absolute atomic E-state index is 0. The van der Waals surface area contributed by atoms with Gasteiger partial charge in [-0.15, -0.1) is 0 Å². The molecule has 0 aliphatic heterocycles. The molecule has 0 amide bonds. The molecule has 0 spiro atoms. The van der Waals surface area contributed by atoms with Crippen molar-refractivity contribution in [3.05, 3.63) is 24.3 Å². The van der Waals surface area contributed by atoms with Crippen LogP contribution in [0.15, 0.2) is 24.3 Å². The quantitative estimate of drug-likeness (QED) is 0.362. The Kier molecular flexibility index (Phi) is 14.3. The van der Waals surface area contributed by atoms with E-state index < -0.39 is 11.9 Å². The number of halogens is 2. The lowest BCUT2D eigenvalue weighted by Crippen LogP contribution is -3.00. The first-order chi connectivity index (χ1) is 4.63. The predicted octanol–water partition coefficient (Wildman–Crippen LogP) is -5.72. The van der Waals surface area contributed by atoms with Gasteiger partial charge in [-0.25, -0.2) is 9.59 Å². The van der Waals surface area contributed by atoms with Crippen LogP contribution >= 0.6 is 0 Å².